The van der Waals surface area contributed by atoms with Gasteiger partial charge in [-0.15, -0.1) is 0 Å². The van der Waals surface area contributed by atoms with Gasteiger partial charge in [-0.05, 0) is 38.8 Å². The maximum absolute atomic E-state index is 2.55. The van der Waals surface area contributed by atoms with Crippen molar-refractivity contribution >= 4 is 0 Å². The largest absolute Gasteiger partial charge is 0.303 e. The van der Waals surface area contributed by atoms with Crippen LogP contribution in [0.5, 0.6) is 0 Å². The van der Waals surface area contributed by atoms with Gasteiger partial charge < -0.3 is 4.90 Å². The summed E-state index contributed by atoms with van der Waals surface area (Å²) in [4.78, 5) is 2.55. The number of rotatable bonds is 6. The average Bonchev–Trinajstić information content (AvgIpc) is 2.52. The normalized spacial score (nSPS) is 25.5. The van der Waals surface area contributed by atoms with Crippen molar-refractivity contribution in [2.75, 3.05) is 13.6 Å². The van der Waals surface area contributed by atoms with Crippen molar-refractivity contribution in [3.05, 3.63) is 0 Å². The van der Waals surface area contributed by atoms with Gasteiger partial charge in [-0.3, -0.25) is 0 Å². The standard InChI is InChI=1S/C13H27N/c1-4-5-6-8-12(2)11-13-9-7-10-14(13)3/h12-13H,4-11H2,1-3H3/t12?,13-/m0/s1. The second kappa shape index (κ2) is 6.44. The van der Waals surface area contributed by atoms with Crippen molar-refractivity contribution in [2.24, 2.45) is 5.92 Å². The van der Waals surface area contributed by atoms with Gasteiger partial charge in [-0.2, -0.15) is 0 Å². The summed E-state index contributed by atoms with van der Waals surface area (Å²) in [5.74, 6) is 0.937. The lowest BCUT2D eigenvalue weighted by atomic mass is 9.95. The minimum absolute atomic E-state index is 0.895. The lowest BCUT2D eigenvalue weighted by Gasteiger charge is -2.22. The zero-order valence-electron chi connectivity index (χ0n) is 10.3. The molecule has 0 radical (unpaired) electrons. The van der Waals surface area contributed by atoms with E-state index >= 15 is 0 Å². The van der Waals surface area contributed by atoms with Crippen LogP contribution in [0.4, 0.5) is 0 Å². The van der Waals surface area contributed by atoms with Gasteiger partial charge in [-0.25, -0.2) is 0 Å². The molecule has 1 rings (SSSR count). The molecular formula is C13H27N. The first-order valence-electron chi connectivity index (χ1n) is 6.44. The van der Waals surface area contributed by atoms with Crippen molar-refractivity contribution < 1.29 is 0 Å². The van der Waals surface area contributed by atoms with Gasteiger partial charge in [0.15, 0.2) is 0 Å². The molecule has 0 aliphatic carbocycles. The second-order valence-corrected chi connectivity index (χ2v) is 5.11. The summed E-state index contributed by atoms with van der Waals surface area (Å²) in [5.41, 5.74) is 0. The Morgan fingerprint density at radius 3 is 2.71 bits per heavy atom. The maximum atomic E-state index is 2.55. The molecule has 0 spiro atoms. The highest BCUT2D eigenvalue weighted by Crippen LogP contribution is 2.24. The first kappa shape index (κ1) is 12.0. The van der Waals surface area contributed by atoms with Gasteiger partial charge in [0.2, 0.25) is 0 Å². The molecule has 0 aromatic heterocycles. The molecule has 1 heterocycles. The number of unbranched alkanes of at least 4 members (excludes halogenated alkanes) is 2. The van der Waals surface area contributed by atoms with Crippen LogP contribution in [0.2, 0.25) is 0 Å². The van der Waals surface area contributed by atoms with E-state index < -0.39 is 0 Å². The Kier molecular flexibility index (Phi) is 5.54. The predicted molar refractivity (Wildman–Crippen MR) is 63.6 cm³/mol. The molecule has 1 fully saturated rings. The zero-order valence-corrected chi connectivity index (χ0v) is 10.3. The van der Waals surface area contributed by atoms with Gasteiger partial charge in [0.25, 0.3) is 0 Å². The lowest BCUT2D eigenvalue weighted by molar-refractivity contribution is 0.259. The molecule has 1 aliphatic rings. The molecule has 1 unspecified atom stereocenters. The molecule has 0 N–H and O–H groups in total. The number of nitrogens with zero attached hydrogens (tertiary/aromatic N) is 1. The van der Waals surface area contributed by atoms with Gasteiger partial charge in [0.1, 0.15) is 0 Å². The predicted octanol–water partition coefficient (Wildman–Crippen LogP) is 3.69. The molecule has 2 atom stereocenters. The van der Waals surface area contributed by atoms with E-state index in [4.69, 9.17) is 0 Å². The summed E-state index contributed by atoms with van der Waals surface area (Å²) >= 11 is 0. The molecule has 0 aromatic rings. The summed E-state index contributed by atoms with van der Waals surface area (Å²) in [7, 11) is 2.29. The molecule has 0 aromatic carbocycles. The third kappa shape index (κ3) is 4.00. The zero-order chi connectivity index (χ0) is 10.4. The van der Waals surface area contributed by atoms with Crippen LogP contribution in [0.15, 0.2) is 0 Å². The fraction of sp³-hybridized carbons (Fsp3) is 1.00. The SMILES string of the molecule is CCCCCC(C)C[C@@H]1CCCN1C. The van der Waals surface area contributed by atoms with Gasteiger partial charge in [0, 0.05) is 6.04 Å². The number of hydrogen-bond acceptors (Lipinski definition) is 1. The molecule has 1 saturated heterocycles. The van der Waals surface area contributed by atoms with Crippen LogP contribution in [0, 0.1) is 5.92 Å². The Morgan fingerprint density at radius 1 is 1.36 bits per heavy atom. The first-order chi connectivity index (χ1) is 6.74. The summed E-state index contributed by atoms with van der Waals surface area (Å²) < 4.78 is 0. The fourth-order valence-corrected chi connectivity index (χ4v) is 2.60. The Balaban J connectivity index is 2.09. The number of hydrogen-bond donors (Lipinski definition) is 0. The minimum atomic E-state index is 0.895. The van der Waals surface area contributed by atoms with Crippen LogP contribution in [0.1, 0.15) is 58.8 Å². The smallest absolute Gasteiger partial charge is 0.00952 e. The van der Waals surface area contributed by atoms with Crippen molar-refractivity contribution in [3.8, 4) is 0 Å². The van der Waals surface area contributed by atoms with Crippen LogP contribution >= 0.6 is 0 Å². The Labute approximate surface area is 89.9 Å². The molecule has 0 amide bonds. The third-order valence-corrected chi connectivity index (χ3v) is 3.65. The quantitative estimate of drug-likeness (QED) is 0.587. The Morgan fingerprint density at radius 2 is 2.14 bits per heavy atom. The van der Waals surface area contributed by atoms with Crippen molar-refractivity contribution in [3.63, 3.8) is 0 Å². The highest BCUT2D eigenvalue weighted by atomic mass is 15.1. The van der Waals surface area contributed by atoms with Gasteiger partial charge in [-0.1, -0.05) is 39.5 Å². The van der Waals surface area contributed by atoms with Crippen LogP contribution in [-0.2, 0) is 0 Å². The monoisotopic (exact) mass is 197 g/mol. The molecule has 84 valence electrons. The summed E-state index contributed by atoms with van der Waals surface area (Å²) in [5, 5.41) is 0. The average molecular weight is 197 g/mol. The van der Waals surface area contributed by atoms with Crippen LogP contribution in [0.3, 0.4) is 0 Å². The van der Waals surface area contributed by atoms with E-state index in [-0.39, 0.29) is 0 Å². The van der Waals surface area contributed by atoms with E-state index in [0.29, 0.717) is 0 Å². The molecule has 1 heteroatoms. The Hall–Kier alpha value is -0.0400. The van der Waals surface area contributed by atoms with Gasteiger partial charge in [0.05, 0.1) is 0 Å². The number of likely N-dealkylation sites (tertiary alicyclic amines) is 1. The second-order valence-electron chi connectivity index (χ2n) is 5.11. The molecule has 1 nitrogen and oxygen atoms in total. The Bertz CT molecular complexity index is 144. The lowest BCUT2D eigenvalue weighted by Crippen LogP contribution is -2.26. The van der Waals surface area contributed by atoms with Gasteiger partial charge >= 0.3 is 0 Å². The van der Waals surface area contributed by atoms with Crippen LogP contribution < -0.4 is 0 Å². The topological polar surface area (TPSA) is 3.24 Å². The maximum Gasteiger partial charge on any atom is 0.00952 e. The van der Waals surface area contributed by atoms with E-state index in [0.717, 1.165) is 12.0 Å². The molecule has 0 bridgehead atoms. The first-order valence-corrected chi connectivity index (χ1v) is 6.44. The van der Waals surface area contributed by atoms with E-state index in [1.54, 1.807) is 0 Å². The van der Waals surface area contributed by atoms with Crippen LogP contribution in [-0.4, -0.2) is 24.5 Å². The summed E-state index contributed by atoms with van der Waals surface area (Å²) in [6, 6.07) is 0.895. The minimum Gasteiger partial charge on any atom is -0.303 e. The summed E-state index contributed by atoms with van der Waals surface area (Å²) in [6.45, 7) is 6.05. The van der Waals surface area contributed by atoms with E-state index in [1.807, 2.05) is 0 Å². The van der Waals surface area contributed by atoms with E-state index in [1.165, 1.54) is 51.5 Å². The fourth-order valence-electron chi connectivity index (χ4n) is 2.60. The third-order valence-electron chi connectivity index (χ3n) is 3.65. The van der Waals surface area contributed by atoms with E-state index in [2.05, 4.69) is 25.8 Å². The van der Waals surface area contributed by atoms with Crippen molar-refractivity contribution in [1.82, 2.24) is 4.90 Å². The van der Waals surface area contributed by atoms with Crippen molar-refractivity contribution in [2.45, 2.75) is 64.8 Å². The van der Waals surface area contributed by atoms with Crippen molar-refractivity contribution in [1.29, 1.82) is 0 Å². The molecule has 14 heavy (non-hydrogen) atoms. The van der Waals surface area contributed by atoms with E-state index in [9.17, 15) is 0 Å². The molecular weight excluding hydrogens is 170 g/mol. The molecule has 1 aliphatic heterocycles. The molecule has 0 saturated carbocycles. The summed E-state index contributed by atoms with van der Waals surface area (Å²) in [6.07, 6.45) is 9.95. The van der Waals surface area contributed by atoms with Crippen LogP contribution in [0.25, 0.3) is 0 Å². The highest BCUT2D eigenvalue weighted by molar-refractivity contribution is 4.77. The highest BCUT2D eigenvalue weighted by Gasteiger charge is 2.22.